The number of pyridine rings is 1. The summed E-state index contributed by atoms with van der Waals surface area (Å²) >= 11 is 0. The average molecular weight is 236 g/mol. The first-order valence-electron chi connectivity index (χ1n) is 3.69. The van der Waals surface area contributed by atoms with Gasteiger partial charge in [0.25, 0.3) is 0 Å². The van der Waals surface area contributed by atoms with Crippen molar-refractivity contribution >= 4 is 12.0 Å². The standard InChI is InChI=1S/C7H3F3N2O4/c8-7(9,10)16-6-5(12(14)15)1-4(3-13)2-11-6/h1-3H. The molecule has 0 spiro atoms. The fourth-order valence-electron chi connectivity index (χ4n) is 0.840. The molecule has 0 fully saturated rings. The van der Waals surface area contributed by atoms with Gasteiger partial charge in [0.15, 0.2) is 6.29 Å². The Labute approximate surface area is 85.8 Å². The summed E-state index contributed by atoms with van der Waals surface area (Å²) in [6.45, 7) is 0. The highest BCUT2D eigenvalue weighted by atomic mass is 19.4. The van der Waals surface area contributed by atoms with Crippen molar-refractivity contribution in [2.75, 3.05) is 0 Å². The van der Waals surface area contributed by atoms with Crippen LogP contribution in [0.5, 0.6) is 5.88 Å². The van der Waals surface area contributed by atoms with Gasteiger partial charge in [-0.3, -0.25) is 14.9 Å². The summed E-state index contributed by atoms with van der Waals surface area (Å²) in [7, 11) is 0. The zero-order valence-corrected chi connectivity index (χ0v) is 7.39. The largest absolute Gasteiger partial charge is 0.574 e. The second-order valence-electron chi connectivity index (χ2n) is 2.52. The molecule has 0 saturated carbocycles. The fourth-order valence-corrected chi connectivity index (χ4v) is 0.840. The topological polar surface area (TPSA) is 82.3 Å². The molecule has 0 N–H and O–H groups in total. The second kappa shape index (κ2) is 4.13. The van der Waals surface area contributed by atoms with Crippen LogP contribution in [0.25, 0.3) is 0 Å². The van der Waals surface area contributed by atoms with E-state index in [0.717, 1.165) is 6.20 Å². The quantitative estimate of drug-likeness (QED) is 0.453. The van der Waals surface area contributed by atoms with Crippen LogP contribution in [-0.2, 0) is 0 Å². The van der Waals surface area contributed by atoms with Crippen molar-refractivity contribution in [3.05, 3.63) is 27.9 Å². The van der Waals surface area contributed by atoms with Crippen LogP contribution in [0.4, 0.5) is 18.9 Å². The monoisotopic (exact) mass is 236 g/mol. The van der Waals surface area contributed by atoms with Crippen LogP contribution < -0.4 is 4.74 Å². The van der Waals surface area contributed by atoms with Crippen molar-refractivity contribution in [2.45, 2.75) is 6.36 Å². The van der Waals surface area contributed by atoms with Gasteiger partial charge in [0.1, 0.15) is 0 Å². The number of rotatable bonds is 3. The lowest BCUT2D eigenvalue weighted by atomic mass is 10.3. The van der Waals surface area contributed by atoms with E-state index in [4.69, 9.17) is 0 Å². The van der Waals surface area contributed by atoms with Gasteiger partial charge in [-0.2, -0.15) is 0 Å². The normalized spacial score (nSPS) is 10.9. The van der Waals surface area contributed by atoms with Crippen LogP contribution in [-0.4, -0.2) is 22.6 Å². The van der Waals surface area contributed by atoms with Crippen LogP contribution in [0.3, 0.4) is 0 Å². The molecule has 1 heterocycles. The van der Waals surface area contributed by atoms with E-state index in [2.05, 4.69) is 9.72 Å². The van der Waals surface area contributed by atoms with E-state index in [9.17, 15) is 28.1 Å². The van der Waals surface area contributed by atoms with Gasteiger partial charge in [-0.25, -0.2) is 4.98 Å². The van der Waals surface area contributed by atoms with E-state index in [1.807, 2.05) is 0 Å². The van der Waals surface area contributed by atoms with E-state index >= 15 is 0 Å². The number of hydrogen-bond donors (Lipinski definition) is 0. The van der Waals surface area contributed by atoms with Gasteiger partial charge >= 0.3 is 17.9 Å². The number of ether oxygens (including phenoxy) is 1. The molecule has 9 heteroatoms. The number of nitro groups is 1. The summed E-state index contributed by atoms with van der Waals surface area (Å²) in [5.74, 6) is -1.21. The summed E-state index contributed by atoms with van der Waals surface area (Å²) in [6.07, 6.45) is -4.13. The predicted octanol–water partition coefficient (Wildman–Crippen LogP) is 1.70. The summed E-state index contributed by atoms with van der Waals surface area (Å²) < 4.78 is 38.8. The van der Waals surface area contributed by atoms with Crippen molar-refractivity contribution in [1.29, 1.82) is 0 Å². The number of carbonyl (C=O) groups excluding carboxylic acids is 1. The molecule has 0 aliphatic rings. The lowest BCUT2D eigenvalue weighted by molar-refractivity contribution is -0.389. The van der Waals surface area contributed by atoms with Crippen LogP contribution >= 0.6 is 0 Å². The molecule has 0 saturated heterocycles. The lowest BCUT2D eigenvalue weighted by Crippen LogP contribution is -2.18. The van der Waals surface area contributed by atoms with E-state index in [-0.39, 0.29) is 11.8 Å². The van der Waals surface area contributed by atoms with Crippen molar-refractivity contribution in [3.8, 4) is 5.88 Å². The molecule has 0 bridgehead atoms. The van der Waals surface area contributed by atoms with Crippen LogP contribution in [0.1, 0.15) is 10.4 Å². The van der Waals surface area contributed by atoms with Gasteiger partial charge in [0, 0.05) is 17.8 Å². The number of aldehydes is 1. The smallest absolute Gasteiger partial charge is 0.381 e. The van der Waals surface area contributed by atoms with Crippen LogP contribution in [0.2, 0.25) is 0 Å². The Morgan fingerprint density at radius 2 is 2.12 bits per heavy atom. The Morgan fingerprint density at radius 3 is 2.56 bits per heavy atom. The molecule has 0 radical (unpaired) electrons. The molecule has 0 aliphatic heterocycles. The Balaban J connectivity index is 3.18. The SMILES string of the molecule is O=Cc1cnc(OC(F)(F)F)c([N+](=O)[O-])c1. The molecule has 0 atom stereocenters. The summed E-state index contributed by atoms with van der Waals surface area (Å²) in [5.41, 5.74) is -1.25. The maximum absolute atomic E-state index is 11.8. The third kappa shape index (κ3) is 2.90. The number of carbonyl (C=O) groups is 1. The zero-order valence-electron chi connectivity index (χ0n) is 7.39. The molecule has 0 aromatic carbocycles. The van der Waals surface area contributed by atoms with E-state index in [1.165, 1.54) is 0 Å². The minimum absolute atomic E-state index is 0.220. The maximum atomic E-state index is 11.8. The Morgan fingerprint density at radius 1 is 1.50 bits per heavy atom. The van der Waals surface area contributed by atoms with Crippen molar-refractivity contribution in [2.24, 2.45) is 0 Å². The first-order chi connectivity index (χ1) is 7.33. The van der Waals surface area contributed by atoms with Gasteiger partial charge in [-0.1, -0.05) is 0 Å². The highest BCUT2D eigenvalue weighted by Gasteiger charge is 2.35. The summed E-state index contributed by atoms with van der Waals surface area (Å²) in [4.78, 5) is 22.5. The Bertz CT molecular complexity index is 432. The predicted molar refractivity (Wildman–Crippen MR) is 43.0 cm³/mol. The number of hydrogen-bond acceptors (Lipinski definition) is 5. The molecule has 0 unspecified atom stereocenters. The molecular formula is C7H3F3N2O4. The number of alkyl halides is 3. The van der Waals surface area contributed by atoms with Crippen molar-refractivity contribution < 1.29 is 27.6 Å². The molecule has 16 heavy (non-hydrogen) atoms. The van der Waals surface area contributed by atoms with Gasteiger partial charge in [-0.05, 0) is 0 Å². The second-order valence-corrected chi connectivity index (χ2v) is 2.52. The van der Waals surface area contributed by atoms with E-state index < -0.39 is 22.9 Å². The number of halogens is 3. The average Bonchev–Trinajstić information content (AvgIpc) is 2.15. The minimum Gasteiger partial charge on any atom is -0.381 e. The summed E-state index contributed by atoms with van der Waals surface area (Å²) in [5, 5.41) is 10.4. The first-order valence-corrected chi connectivity index (χ1v) is 3.69. The van der Waals surface area contributed by atoms with E-state index in [1.54, 1.807) is 0 Å². The van der Waals surface area contributed by atoms with Crippen LogP contribution in [0, 0.1) is 10.1 Å². The van der Waals surface area contributed by atoms with Crippen LogP contribution in [0.15, 0.2) is 12.3 Å². The molecule has 86 valence electrons. The lowest BCUT2D eigenvalue weighted by Gasteiger charge is -2.07. The third-order valence-corrected chi connectivity index (χ3v) is 1.40. The molecule has 0 amide bonds. The molecular weight excluding hydrogens is 233 g/mol. The number of aromatic nitrogens is 1. The fraction of sp³-hybridized carbons (Fsp3) is 0.143. The molecule has 1 aromatic heterocycles. The highest BCUT2D eigenvalue weighted by Crippen LogP contribution is 2.29. The number of nitrogens with zero attached hydrogens (tertiary/aromatic N) is 2. The maximum Gasteiger partial charge on any atom is 0.574 e. The molecule has 1 aromatic rings. The van der Waals surface area contributed by atoms with Crippen molar-refractivity contribution in [3.63, 3.8) is 0 Å². The minimum atomic E-state index is -5.08. The van der Waals surface area contributed by atoms with Gasteiger partial charge in [-0.15, -0.1) is 13.2 Å². The van der Waals surface area contributed by atoms with Crippen molar-refractivity contribution in [1.82, 2.24) is 4.98 Å². The summed E-state index contributed by atoms with van der Waals surface area (Å²) in [6, 6.07) is 0.640. The van der Waals surface area contributed by atoms with E-state index in [0.29, 0.717) is 6.07 Å². The van der Waals surface area contributed by atoms with Gasteiger partial charge in [0.05, 0.1) is 4.92 Å². The third-order valence-electron chi connectivity index (χ3n) is 1.40. The van der Waals surface area contributed by atoms with Gasteiger partial charge < -0.3 is 4.74 Å². The Kier molecular flexibility index (Phi) is 3.06. The molecule has 6 nitrogen and oxygen atoms in total. The first kappa shape index (κ1) is 11.9. The zero-order chi connectivity index (χ0) is 12.3. The highest BCUT2D eigenvalue weighted by molar-refractivity contribution is 5.76. The Hall–Kier alpha value is -2.19. The molecule has 0 aliphatic carbocycles. The molecule has 1 rings (SSSR count). The van der Waals surface area contributed by atoms with Gasteiger partial charge in [0.2, 0.25) is 0 Å².